The number of hydrogen-bond acceptors (Lipinski definition) is 3. The highest BCUT2D eigenvalue weighted by molar-refractivity contribution is 5.94. The van der Waals surface area contributed by atoms with Crippen LogP contribution in [0.25, 0.3) is 11.2 Å². The second-order valence-corrected chi connectivity index (χ2v) is 8.08. The number of benzene rings is 1. The molecule has 150 valence electrons. The Labute approximate surface area is 167 Å². The van der Waals surface area contributed by atoms with Crippen molar-refractivity contribution in [3.8, 4) is 0 Å². The summed E-state index contributed by atoms with van der Waals surface area (Å²) in [6.07, 6.45) is 5.58. The van der Waals surface area contributed by atoms with Gasteiger partial charge in [-0.05, 0) is 55.9 Å². The summed E-state index contributed by atoms with van der Waals surface area (Å²) in [4.78, 5) is 32.3. The molecule has 29 heavy (non-hydrogen) atoms. The van der Waals surface area contributed by atoms with Gasteiger partial charge in [-0.3, -0.25) is 13.9 Å². The number of rotatable bonds is 4. The fourth-order valence-electron chi connectivity index (χ4n) is 4.33. The SMILES string of the molecule is O=C(c1ccccc1F)N1CCC[C@H](n2c(=O)n(CC3CC3)c3cccnc32)C1. The van der Waals surface area contributed by atoms with Crippen LogP contribution in [0.1, 0.15) is 42.1 Å². The highest BCUT2D eigenvalue weighted by atomic mass is 19.1. The number of pyridine rings is 1. The van der Waals surface area contributed by atoms with Crippen molar-refractivity contribution in [2.75, 3.05) is 13.1 Å². The topological polar surface area (TPSA) is 60.1 Å². The van der Waals surface area contributed by atoms with Gasteiger partial charge in [-0.25, -0.2) is 14.2 Å². The first kappa shape index (κ1) is 18.1. The summed E-state index contributed by atoms with van der Waals surface area (Å²) < 4.78 is 17.7. The Bertz CT molecular complexity index is 1130. The number of fused-ring (bicyclic) bond motifs is 1. The number of nitrogens with zero attached hydrogens (tertiary/aromatic N) is 4. The van der Waals surface area contributed by atoms with Gasteiger partial charge in [0, 0.05) is 25.8 Å². The summed E-state index contributed by atoms with van der Waals surface area (Å²) in [7, 11) is 0. The van der Waals surface area contributed by atoms with E-state index in [1.54, 1.807) is 27.8 Å². The van der Waals surface area contributed by atoms with Crippen LogP contribution in [0.5, 0.6) is 0 Å². The Kier molecular flexibility index (Phi) is 4.45. The number of imidazole rings is 1. The van der Waals surface area contributed by atoms with E-state index in [-0.39, 0.29) is 23.2 Å². The average Bonchev–Trinajstić information content (AvgIpc) is 3.52. The van der Waals surface area contributed by atoms with Crippen molar-refractivity contribution in [3.05, 3.63) is 64.5 Å². The number of piperidine rings is 1. The number of amides is 1. The average molecular weight is 394 g/mol. The molecule has 2 fully saturated rings. The predicted molar refractivity (Wildman–Crippen MR) is 107 cm³/mol. The van der Waals surface area contributed by atoms with Crippen molar-refractivity contribution in [1.82, 2.24) is 19.0 Å². The summed E-state index contributed by atoms with van der Waals surface area (Å²) in [5, 5.41) is 0. The molecule has 5 rings (SSSR count). The molecule has 2 aliphatic rings. The number of halogens is 1. The lowest BCUT2D eigenvalue weighted by Crippen LogP contribution is -2.43. The second kappa shape index (κ2) is 7.13. The van der Waals surface area contributed by atoms with Crippen LogP contribution in [0.2, 0.25) is 0 Å². The predicted octanol–water partition coefficient (Wildman–Crippen LogP) is 3.22. The maximum atomic E-state index is 14.1. The van der Waals surface area contributed by atoms with E-state index < -0.39 is 5.82 Å². The quantitative estimate of drug-likeness (QED) is 0.683. The van der Waals surface area contributed by atoms with Crippen LogP contribution >= 0.6 is 0 Å². The molecule has 0 spiro atoms. The third kappa shape index (κ3) is 3.24. The van der Waals surface area contributed by atoms with E-state index in [2.05, 4.69) is 4.98 Å². The third-order valence-electron chi connectivity index (χ3n) is 6.01. The normalized spacial score (nSPS) is 19.6. The molecule has 0 radical (unpaired) electrons. The molecule has 1 aliphatic carbocycles. The van der Waals surface area contributed by atoms with Crippen LogP contribution in [0.15, 0.2) is 47.4 Å². The highest BCUT2D eigenvalue weighted by Crippen LogP contribution is 2.32. The molecule has 1 amide bonds. The molecule has 1 aromatic carbocycles. The molecule has 0 N–H and O–H groups in total. The first-order chi connectivity index (χ1) is 14.1. The van der Waals surface area contributed by atoms with Crippen molar-refractivity contribution < 1.29 is 9.18 Å². The molecule has 1 saturated heterocycles. The highest BCUT2D eigenvalue weighted by Gasteiger charge is 2.31. The number of likely N-dealkylation sites (tertiary alicyclic amines) is 1. The Morgan fingerprint density at radius 1 is 1.14 bits per heavy atom. The summed E-state index contributed by atoms with van der Waals surface area (Å²) in [5.41, 5.74) is 1.54. The lowest BCUT2D eigenvalue weighted by Gasteiger charge is -2.33. The summed E-state index contributed by atoms with van der Waals surface area (Å²) in [6, 6.07) is 9.68. The molecular formula is C22H23FN4O2. The zero-order valence-electron chi connectivity index (χ0n) is 16.1. The molecule has 7 heteroatoms. The molecular weight excluding hydrogens is 371 g/mol. The van der Waals surface area contributed by atoms with Gasteiger partial charge in [-0.2, -0.15) is 0 Å². The van der Waals surface area contributed by atoms with Crippen LogP contribution < -0.4 is 5.69 Å². The van der Waals surface area contributed by atoms with Crippen molar-refractivity contribution in [2.45, 2.75) is 38.3 Å². The molecule has 0 unspecified atom stereocenters. The fraction of sp³-hybridized carbons (Fsp3) is 0.409. The maximum absolute atomic E-state index is 14.1. The second-order valence-electron chi connectivity index (χ2n) is 8.08. The van der Waals surface area contributed by atoms with Gasteiger partial charge in [0.25, 0.3) is 5.91 Å². The molecule has 1 atom stereocenters. The largest absolute Gasteiger partial charge is 0.336 e. The van der Waals surface area contributed by atoms with E-state index in [0.717, 1.165) is 37.7 Å². The molecule has 3 aromatic rings. The van der Waals surface area contributed by atoms with Crippen LogP contribution in [-0.2, 0) is 6.54 Å². The lowest BCUT2D eigenvalue weighted by atomic mass is 10.0. The van der Waals surface area contributed by atoms with Crippen molar-refractivity contribution in [2.24, 2.45) is 5.92 Å². The van der Waals surface area contributed by atoms with Crippen molar-refractivity contribution in [1.29, 1.82) is 0 Å². The minimum absolute atomic E-state index is 0.0595. The number of hydrogen-bond donors (Lipinski definition) is 0. The molecule has 1 aliphatic heterocycles. The zero-order valence-corrected chi connectivity index (χ0v) is 16.1. The molecule has 3 heterocycles. The molecule has 2 aromatic heterocycles. The van der Waals surface area contributed by atoms with Gasteiger partial charge in [0.2, 0.25) is 0 Å². The molecule has 1 saturated carbocycles. The van der Waals surface area contributed by atoms with E-state index in [9.17, 15) is 14.0 Å². The first-order valence-electron chi connectivity index (χ1n) is 10.2. The van der Waals surface area contributed by atoms with Crippen molar-refractivity contribution >= 4 is 17.1 Å². The van der Waals surface area contributed by atoms with E-state index in [0.29, 0.717) is 24.7 Å². The van der Waals surface area contributed by atoms with Crippen molar-refractivity contribution in [3.63, 3.8) is 0 Å². The molecule has 0 bridgehead atoms. The third-order valence-corrected chi connectivity index (χ3v) is 6.01. The van der Waals surface area contributed by atoms with Crippen LogP contribution in [0, 0.1) is 11.7 Å². The standard InChI is InChI=1S/C22H23FN4O2/c23-18-7-2-1-6-17(18)21(28)25-12-4-5-16(14-25)27-20-19(8-3-11-24-20)26(22(27)29)13-15-9-10-15/h1-3,6-8,11,15-16H,4-5,9-10,12-14H2/t16-/m0/s1. The minimum atomic E-state index is -0.514. The van der Waals surface area contributed by atoms with E-state index in [1.165, 1.54) is 12.1 Å². The zero-order chi connectivity index (χ0) is 20.0. The van der Waals surface area contributed by atoms with Gasteiger partial charge < -0.3 is 4.90 Å². The van der Waals surface area contributed by atoms with Gasteiger partial charge in [0.1, 0.15) is 5.82 Å². The first-order valence-corrected chi connectivity index (χ1v) is 10.2. The monoisotopic (exact) mass is 394 g/mol. The maximum Gasteiger partial charge on any atom is 0.330 e. The van der Waals surface area contributed by atoms with Crippen LogP contribution in [0.4, 0.5) is 4.39 Å². The Hall–Kier alpha value is -2.96. The van der Waals surface area contributed by atoms with E-state index in [1.807, 2.05) is 16.7 Å². The molecule has 6 nitrogen and oxygen atoms in total. The van der Waals surface area contributed by atoms with Crippen LogP contribution in [-0.4, -0.2) is 38.0 Å². The summed E-state index contributed by atoms with van der Waals surface area (Å²) in [5.74, 6) is -0.271. The van der Waals surface area contributed by atoms with Crippen LogP contribution in [0.3, 0.4) is 0 Å². The number of carbonyl (C=O) groups excluding carboxylic acids is 1. The van der Waals surface area contributed by atoms with E-state index >= 15 is 0 Å². The summed E-state index contributed by atoms with van der Waals surface area (Å²) >= 11 is 0. The lowest BCUT2D eigenvalue weighted by molar-refractivity contribution is 0.0674. The van der Waals surface area contributed by atoms with Gasteiger partial charge in [0.05, 0.1) is 17.1 Å². The van der Waals surface area contributed by atoms with E-state index in [4.69, 9.17) is 0 Å². The van der Waals surface area contributed by atoms with Gasteiger partial charge in [-0.15, -0.1) is 0 Å². The Balaban J connectivity index is 1.49. The van der Waals surface area contributed by atoms with Gasteiger partial charge in [0.15, 0.2) is 5.65 Å². The fourth-order valence-corrected chi connectivity index (χ4v) is 4.33. The van der Waals surface area contributed by atoms with Gasteiger partial charge >= 0.3 is 5.69 Å². The Morgan fingerprint density at radius 3 is 2.76 bits per heavy atom. The summed E-state index contributed by atoms with van der Waals surface area (Å²) in [6.45, 7) is 1.66. The Morgan fingerprint density at radius 2 is 1.97 bits per heavy atom. The number of aromatic nitrogens is 3. The number of carbonyl (C=O) groups is 1. The minimum Gasteiger partial charge on any atom is -0.336 e. The smallest absolute Gasteiger partial charge is 0.330 e. The van der Waals surface area contributed by atoms with Gasteiger partial charge in [-0.1, -0.05) is 12.1 Å².